The second-order valence-electron chi connectivity index (χ2n) is 9.74. The monoisotopic (exact) mass is 478 g/mol. The molecule has 0 aromatic heterocycles. The molecule has 186 valence electrons. The van der Waals surface area contributed by atoms with Crippen LogP contribution in [-0.4, -0.2) is 41.8 Å². The quantitative estimate of drug-likeness (QED) is 0.510. The molecule has 1 fully saturated rings. The molecule has 4 atom stereocenters. The van der Waals surface area contributed by atoms with Gasteiger partial charge in [-0.25, -0.2) is 4.79 Å². The number of carboxylic acids is 1. The molecule has 0 radical (unpaired) electrons. The van der Waals surface area contributed by atoms with Crippen molar-refractivity contribution in [1.29, 1.82) is 0 Å². The van der Waals surface area contributed by atoms with Crippen molar-refractivity contribution in [2.75, 3.05) is 6.61 Å². The minimum Gasteiger partial charge on any atom is -0.481 e. The number of hydrogen-bond acceptors (Lipinski definition) is 4. The molecule has 7 nitrogen and oxygen atoms in total. The van der Waals surface area contributed by atoms with Gasteiger partial charge in [0, 0.05) is 12.0 Å². The van der Waals surface area contributed by atoms with Crippen molar-refractivity contribution in [3.8, 4) is 11.1 Å². The number of rotatable bonds is 8. The fourth-order valence-corrected chi connectivity index (χ4v) is 5.31. The number of benzene rings is 2. The molecule has 0 bridgehead atoms. The summed E-state index contributed by atoms with van der Waals surface area (Å²) < 4.78 is 5.65. The highest BCUT2D eigenvalue weighted by Crippen LogP contribution is 2.44. The van der Waals surface area contributed by atoms with E-state index in [1.165, 1.54) is 0 Å². The van der Waals surface area contributed by atoms with Gasteiger partial charge in [0.05, 0.1) is 5.92 Å². The molecule has 0 saturated heterocycles. The van der Waals surface area contributed by atoms with Crippen LogP contribution in [0, 0.1) is 11.8 Å². The Hall–Kier alpha value is -3.35. The highest BCUT2D eigenvalue weighted by molar-refractivity contribution is 5.86. The zero-order chi connectivity index (χ0) is 24.9. The van der Waals surface area contributed by atoms with E-state index in [9.17, 15) is 19.5 Å². The lowest BCUT2D eigenvalue weighted by molar-refractivity contribution is -0.143. The summed E-state index contributed by atoms with van der Waals surface area (Å²) >= 11 is 0. The minimum absolute atomic E-state index is 0.0563. The van der Waals surface area contributed by atoms with Crippen LogP contribution in [0.1, 0.15) is 63.0 Å². The zero-order valence-corrected chi connectivity index (χ0v) is 20.3. The third-order valence-electron chi connectivity index (χ3n) is 7.48. The number of carbonyl (C=O) groups excluding carboxylic acids is 2. The maximum Gasteiger partial charge on any atom is 0.407 e. The SMILES string of the molecule is CCC(C)[C@H](NC(=O)OCC1c2ccccc2-c2ccccc21)C(=O)N[C@@H]1CCC[C@@H](C(=O)O)C1. The van der Waals surface area contributed by atoms with Crippen LogP contribution in [0.3, 0.4) is 0 Å². The standard InChI is InChI=1S/C28H34N2O5/c1-3-17(2)25(26(31)29-19-10-8-9-18(15-19)27(32)33)30-28(34)35-16-24-22-13-6-4-11-20(22)21-12-5-7-14-23(21)24/h4-7,11-14,17-19,24-25H,3,8-10,15-16H2,1-2H3,(H,29,31)(H,30,34)(H,32,33)/t17?,18-,19-,25+/m1/s1. The predicted octanol–water partition coefficient (Wildman–Crippen LogP) is 4.70. The summed E-state index contributed by atoms with van der Waals surface area (Å²) in [6.45, 7) is 4.05. The third kappa shape index (κ3) is 5.50. The fourth-order valence-electron chi connectivity index (χ4n) is 5.31. The highest BCUT2D eigenvalue weighted by atomic mass is 16.5. The average molecular weight is 479 g/mol. The molecule has 3 N–H and O–H groups in total. The van der Waals surface area contributed by atoms with E-state index in [-0.39, 0.29) is 30.4 Å². The topological polar surface area (TPSA) is 105 Å². The number of hydrogen-bond donors (Lipinski definition) is 3. The lowest BCUT2D eigenvalue weighted by Crippen LogP contribution is -2.53. The van der Waals surface area contributed by atoms with Gasteiger partial charge in [-0.3, -0.25) is 9.59 Å². The number of carboxylic acid groups (broad SMARTS) is 1. The summed E-state index contributed by atoms with van der Waals surface area (Å²) in [7, 11) is 0. The van der Waals surface area contributed by atoms with Crippen LogP contribution >= 0.6 is 0 Å². The molecule has 1 unspecified atom stereocenters. The number of amides is 2. The van der Waals surface area contributed by atoms with Gasteiger partial charge in [-0.2, -0.15) is 0 Å². The molecular weight excluding hydrogens is 444 g/mol. The maximum atomic E-state index is 13.1. The van der Waals surface area contributed by atoms with Crippen molar-refractivity contribution in [3.63, 3.8) is 0 Å². The molecule has 2 aliphatic carbocycles. The molecular formula is C28H34N2O5. The molecule has 0 heterocycles. The van der Waals surface area contributed by atoms with E-state index in [1.54, 1.807) is 0 Å². The summed E-state index contributed by atoms with van der Waals surface area (Å²) in [6.07, 6.45) is 2.63. The van der Waals surface area contributed by atoms with Gasteiger partial charge in [-0.15, -0.1) is 0 Å². The van der Waals surface area contributed by atoms with Crippen LogP contribution in [0.25, 0.3) is 11.1 Å². The zero-order valence-electron chi connectivity index (χ0n) is 20.3. The summed E-state index contributed by atoms with van der Waals surface area (Å²) in [6, 6.07) is 15.3. The molecule has 1 saturated carbocycles. The first kappa shape index (κ1) is 24.8. The van der Waals surface area contributed by atoms with Gasteiger partial charge in [-0.1, -0.05) is 75.2 Å². The molecule has 2 aromatic carbocycles. The van der Waals surface area contributed by atoms with E-state index < -0.39 is 24.0 Å². The molecule has 4 rings (SSSR count). The fraction of sp³-hybridized carbons (Fsp3) is 0.464. The number of alkyl carbamates (subject to hydrolysis) is 1. The summed E-state index contributed by atoms with van der Waals surface area (Å²) in [5.74, 6) is -1.71. The molecule has 2 aromatic rings. The van der Waals surface area contributed by atoms with Crippen LogP contribution in [0.2, 0.25) is 0 Å². The van der Waals surface area contributed by atoms with Crippen LogP contribution < -0.4 is 10.6 Å². The minimum atomic E-state index is -0.820. The molecule has 35 heavy (non-hydrogen) atoms. The summed E-state index contributed by atoms with van der Waals surface area (Å²) in [4.78, 5) is 37.3. The number of carbonyl (C=O) groups is 3. The van der Waals surface area contributed by atoms with Crippen molar-refractivity contribution in [2.45, 2.75) is 64.0 Å². The van der Waals surface area contributed by atoms with Gasteiger partial charge < -0.3 is 20.5 Å². The number of aliphatic carboxylic acids is 1. The smallest absolute Gasteiger partial charge is 0.407 e. The van der Waals surface area contributed by atoms with Crippen molar-refractivity contribution in [2.24, 2.45) is 11.8 Å². The van der Waals surface area contributed by atoms with E-state index in [1.807, 2.05) is 38.1 Å². The number of fused-ring (bicyclic) bond motifs is 3. The van der Waals surface area contributed by atoms with Crippen molar-refractivity contribution >= 4 is 18.0 Å². The summed E-state index contributed by atoms with van der Waals surface area (Å²) in [5.41, 5.74) is 4.56. The first-order valence-electron chi connectivity index (χ1n) is 12.5. The Bertz CT molecular complexity index is 1040. The van der Waals surface area contributed by atoms with Crippen molar-refractivity contribution in [3.05, 3.63) is 59.7 Å². The van der Waals surface area contributed by atoms with Gasteiger partial charge in [0.25, 0.3) is 0 Å². The second kappa shape index (κ2) is 10.9. The summed E-state index contributed by atoms with van der Waals surface area (Å²) in [5, 5.41) is 15.1. The van der Waals surface area contributed by atoms with Gasteiger partial charge >= 0.3 is 12.1 Å². The number of ether oxygens (including phenoxy) is 1. The van der Waals surface area contributed by atoms with Crippen LogP contribution in [0.4, 0.5) is 4.79 Å². The molecule has 2 amide bonds. The lowest BCUT2D eigenvalue weighted by atomic mass is 9.85. The number of nitrogens with one attached hydrogen (secondary N) is 2. The Morgan fingerprint density at radius 3 is 2.26 bits per heavy atom. The van der Waals surface area contributed by atoms with E-state index in [0.29, 0.717) is 19.3 Å². The second-order valence-corrected chi connectivity index (χ2v) is 9.74. The lowest BCUT2D eigenvalue weighted by Gasteiger charge is -2.30. The average Bonchev–Trinajstić information content (AvgIpc) is 3.19. The van der Waals surface area contributed by atoms with Gasteiger partial charge in [-0.05, 0) is 47.4 Å². The van der Waals surface area contributed by atoms with Crippen LogP contribution in [0.15, 0.2) is 48.5 Å². The van der Waals surface area contributed by atoms with Crippen LogP contribution in [-0.2, 0) is 14.3 Å². The Morgan fingerprint density at radius 2 is 1.66 bits per heavy atom. The molecule has 0 aliphatic heterocycles. The molecule has 0 spiro atoms. The maximum absolute atomic E-state index is 13.1. The van der Waals surface area contributed by atoms with E-state index in [4.69, 9.17) is 4.74 Å². The molecule has 7 heteroatoms. The van der Waals surface area contributed by atoms with Gasteiger partial charge in [0.1, 0.15) is 12.6 Å². The largest absolute Gasteiger partial charge is 0.481 e. The third-order valence-corrected chi connectivity index (χ3v) is 7.48. The first-order valence-corrected chi connectivity index (χ1v) is 12.5. The van der Waals surface area contributed by atoms with E-state index in [0.717, 1.165) is 35.1 Å². The van der Waals surface area contributed by atoms with Gasteiger partial charge in [0.2, 0.25) is 5.91 Å². The Kier molecular flexibility index (Phi) is 7.73. The highest BCUT2D eigenvalue weighted by Gasteiger charge is 2.33. The van der Waals surface area contributed by atoms with Crippen LogP contribution in [0.5, 0.6) is 0 Å². The van der Waals surface area contributed by atoms with Gasteiger partial charge in [0.15, 0.2) is 0 Å². The molecule has 2 aliphatic rings. The van der Waals surface area contributed by atoms with Crippen molar-refractivity contribution < 1.29 is 24.2 Å². The van der Waals surface area contributed by atoms with Crippen molar-refractivity contribution in [1.82, 2.24) is 10.6 Å². The Balaban J connectivity index is 1.39. The van der Waals surface area contributed by atoms with E-state index >= 15 is 0 Å². The normalized spacial score (nSPS) is 20.7. The predicted molar refractivity (Wildman–Crippen MR) is 133 cm³/mol. The van der Waals surface area contributed by atoms with E-state index in [2.05, 4.69) is 34.9 Å². The Morgan fingerprint density at radius 1 is 1.03 bits per heavy atom. The first-order chi connectivity index (χ1) is 16.9. The Labute approximate surface area is 206 Å².